The monoisotopic (exact) mass is 726 g/mol. The van der Waals surface area contributed by atoms with Crippen LogP contribution >= 0.6 is 7.82 Å². The molecular weight excluding hydrogens is 655 g/mol. The summed E-state index contributed by atoms with van der Waals surface area (Å²) in [7, 11) is -4.78. The van der Waals surface area contributed by atoms with Crippen LogP contribution in [0.15, 0.2) is 48.6 Å². The van der Waals surface area contributed by atoms with Gasteiger partial charge in [-0.25, -0.2) is 4.57 Å². The molecule has 0 aliphatic heterocycles. The SMILES string of the molecule is CCCCC[C@H](O)/C=C/C=C\C/C=C\C/C=C\CCCC(=O)O[C@H](COC(=O)CCCCCCCCCCCCC(C)CC)COP(=O)(O)O. The number of aliphatic hydroxyl groups excluding tert-OH is 1. The van der Waals surface area contributed by atoms with Crippen molar-refractivity contribution in [2.45, 2.75) is 174 Å². The van der Waals surface area contributed by atoms with Crippen molar-refractivity contribution in [2.24, 2.45) is 5.92 Å². The number of aliphatic hydroxyl groups is 1. The number of rotatable bonds is 34. The van der Waals surface area contributed by atoms with Crippen LogP contribution in [0.2, 0.25) is 0 Å². The van der Waals surface area contributed by atoms with Crippen molar-refractivity contribution < 1.29 is 43.0 Å². The number of allylic oxidation sites excluding steroid dienone is 7. The quantitative estimate of drug-likeness (QED) is 0.0194. The Bertz CT molecular complexity index is 985. The fourth-order valence-corrected chi connectivity index (χ4v) is 5.52. The summed E-state index contributed by atoms with van der Waals surface area (Å²) in [5, 5.41) is 9.86. The van der Waals surface area contributed by atoms with Crippen molar-refractivity contribution in [3.63, 3.8) is 0 Å². The van der Waals surface area contributed by atoms with Crippen LogP contribution in [0.3, 0.4) is 0 Å². The molecule has 0 aliphatic carbocycles. The summed E-state index contributed by atoms with van der Waals surface area (Å²) in [6.45, 7) is 5.84. The van der Waals surface area contributed by atoms with E-state index in [0.717, 1.165) is 63.7 Å². The van der Waals surface area contributed by atoms with Crippen LogP contribution in [-0.2, 0) is 28.2 Å². The van der Waals surface area contributed by atoms with E-state index in [-0.39, 0.29) is 25.6 Å². The van der Waals surface area contributed by atoms with Crippen LogP contribution in [0.25, 0.3) is 0 Å². The van der Waals surface area contributed by atoms with Crippen molar-refractivity contribution in [1.82, 2.24) is 0 Å². The molecule has 0 saturated heterocycles. The molecule has 10 heteroatoms. The summed E-state index contributed by atoms with van der Waals surface area (Å²) < 4.78 is 26.2. The van der Waals surface area contributed by atoms with E-state index in [1.54, 1.807) is 0 Å². The minimum atomic E-state index is -4.78. The maximum Gasteiger partial charge on any atom is 0.469 e. The molecule has 0 radical (unpaired) electrons. The van der Waals surface area contributed by atoms with Crippen molar-refractivity contribution >= 4 is 19.8 Å². The Morgan fingerprint density at radius 2 is 1.26 bits per heavy atom. The summed E-state index contributed by atoms with van der Waals surface area (Å²) in [6, 6.07) is 0. The average Bonchev–Trinajstić information content (AvgIpc) is 3.08. The number of esters is 2. The highest BCUT2D eigenvalue weighted by Gasteiger charge is 2.22. The molecule has 0 amide bonds. The van der Waals surface area contributed by atoms with E-state index >= 15 is 0 Å². The second-order valence-electron chi connectivity index (χ2n) is 13.4. The van der Waals surface area contributed by atoms with Crippen molar-refractivity contribution in [1.29, 1.82) is 0 Å². The summed E-state index contributed by atoms with van der Waals surface area (Å²) in [6.07, 6.45) is 35.9. The van der Waals surface area contributed by atoms with Gasteiger partial charge < -0.3 is 24.4 Å². The van der Waals surface area contributed by atoms with E-state index in [2.05, 4.69) is 37.4 Å². The lowest BCUT2D eigenvalue weighted by molar-refractivity contribution is -0.161. The molecule has 50 heavy (non-hydrogen) atoms. The number of unbranched alkanes of at least 4 members (excludes halogenated alkanes) is 12. The molecule has 0 heterocycles. The van der Waals surface area contributed by atoms with E-state index < -0.39 is 32.5 Å². The molecular formula is C40H71O9P. The first-order valence-electron chi connectivity index (χ1n) is 19.4. The molecule has 9 nitrogen and oxygen atoms in total. The third kappa shape index (κ3) is 35.8. The lowest BCUT2D eigenvalue weighted by atomic mass is 9.99. The van der Waals surface area contributed by atoms with Gasteiger partial charge in [-0.2, -0.15) is 0 Å². The number of hydrogen-bond acceptors (Lipinski definition) is 7. The second kappa shape index (κ2) is 34.1. The third-order valence-corrected chi connectivity index (χ3v) is 8.98. The number of hydrogen-bond donors (Lipinski definition) is 3. The zero-order valence-electron chi connectivity index (χ0n) is 31.6. The molecule has 0 aromatic carbocycles. The topological polar surface area (TPSA) is 140 Å². The standard InChI is InChI=1S/C40H71O9P/c1-4-6-24-30-37(41)31-26-21-17-13-8-7-9-15-19-23-28-33-40(43)49-38(35-48-50(44,45)46)34-47-39(42)32-27-22-18-14-11-10-12-16-20-25-29-36(3)5-2/h7-8,15,17,19,21,26,31,36-38,41H,4-6,9-14,16,18,20,22-25,27-30,32-35H2,1-3H3,(H2,44,45,46)/b8-7-,19-15-,21-17-,31-26+/t36?,37-,38+/m0/s1. The van der Waals surface area contributed by atoms with E-state index in [1.807, 2.05) is 36.5 Å². The number of carbonyl (C=O) groups excluding carboxylic acids is 2. The van der Waals surface area contributed by atoms with Crippen LogP contribution in [0.4, 0.5) is 0 Å². The average molecular weight is 727 g/mol. The molecule has 0 aliphatic rings. The minimum absolute atomic E-state index is 0.115. The smallest absolute Gasteiger partial charge is 0.462 e. The van der Waals surface area contributed by atoms with Gasteiger partial charge in [-0.3, -0.25) is 14.1 Å². The van der Waals surface area contributed by atoms with E-state index in [0.29, 0.717) is 19.3 Å². The maximum absolute atomic E-state index is 12.3. The molecule has 3 atom stereocenters. The predicted molar refractivity (Wildman–Crippen MR) is 203 cm³/mol. The predicted octanol–water partition coefficient (Wildman–Crippen LogP) is 10.4. The molecule has 290 valence electrons. The van der Waals surface area contributed by atoms with Gasteiger partial charge in [-0.15, -0.1) is 0 Å². The van der Waals surface area contributed by atoms with Gasteiger partial charge in [0.25, 0.3) is 0 Å². The fourth-order valence-electron chi connectivity index (χ4n) is 5.16. The van der Waals surface area contributed by atoms with E-state index in [1.165, 1.54) is 51.4 Å². The summed E-state index contributed by atoms with van der Waals surface area (Å²) in [5.41, 5.74) is 0. The minimum Gasteiger partial charge on any atom is -0.462 e. The molecule has 0 rings (SSSR count). The third-order valence-electron chi connectivity index (χ3n) is 8.49. The molecule has 3 N–H and O–H groups in total. The van der Waals surface area contributed by atoms with Gasteiger partial charge in [0.05, 0.1) is 12.7 Å². The summed E-state index contributed by atoms with van der Waals surface area (Å²) >= 11 is 0. The summed E-state index contributed by atoms with van der Waals surface area (Å²) in [5.74, 6) is -0.134. The fraction of sp³-hybridized carbons (Fsp3) is 0.750. The zero-order valence-corrected chi connectivity index (χ0v) is 32.5. The first-order valence-corrected chi connectivity index (χ1v) is 21.0. The van der Waals surface area contributed by atoms with Gasteiger partial charge in [0.15, 0.2) is 6.10 Å². The normalized spacial score (nSPS) is 14.3. The Morgan fingerprint density at radius 1 is 0.680 bits per heavy atom. The maximum atomic E-state index is 12.3. The Hall–Kier alpha value is -2.03. The highest BCUT2D eigenvalue weighted by Crippen LogP contribution is 2.36. The van der Waals surface area contributed by atoms with Gasteiger partial charge in [0, 0.05) is 12.8 Å². The van der Waals surface area contributed by atoms with Crippen LogP contribution in [0.1, 0.15) is 162 Å². The Labute approximate surface area is 304 Å². The Kier molecular flexibility index (Phi) is 32.7. The van der Waals surface area contributed by atoms with Crippen LogP contribution < -0.4 is 0 Å². The van der Waals surface area contributed by atoms with Crippen LogP contribution in [-0.4, -0.2) is 52.3 Å². The van der Waals surface area contributed by atoms with Crippen LogP contribution in [0, 0.1) is 5.92 Å². The molecule has 0 spiro atoms. The van der Waals surface area contributed by atoms with Crippen molar-refractivity contribution in [2.75, 3.05) is 13.2 Å². The molecule has 0 saturated carbocycles. The Balaban J connectivity index is 4.12. The highest BCUT2D eigenvalue weighted by molar-refractivity contribution is 7.46. The number of carbonyl (C=O) groups is 2. The first-order chi connectivity index (χ1) is 24.1. The molecule has 0 bridgehead atoms. The van der Waals surface area contributed by atoms with Crippen molar-refractivity contribution in [3.8, 4) is 0 Å². The molecule has 0 aromatic rings. The summed E-state index contributed by atoms with van der Waals surface area (Å²) in [4.78, 5) is 42.7. The molecule has 1 unspecified atom stereocenters. The lowest BCUT2D eigenvalue weighted by Gasteiger charge is -2.18. The Morgan fingerprint density at radius 3 is 1.90 bits per heavy atom. The number of phosphoric acid groups is 1. The van der Waals surface area contributed by atoms with Gasteiger partial charge in [-0.1, -0.05) is 159 Å². The second-order valence-corrected chi connectivity index (χ2v) is 14.6. The van der Waals surface area contributed by atoms with Gasteiger partial charge in [0.2, 0.25) is 0 Å². The molecule has 0 aromatic heterocycles. The van der Waals surface area contributed by atoms with E-state index in [4.69, 9.17) is 19.3 Å². The van der Waals surface area contributed by atoms with Gasteiger partial charge in [-0.05, 0) is 44.4 Å². The van der Waals surface area contributed by atoms with Crippen molar-refractivity contribution in [3.05, 3.63) is 48.6 Å². The zero-order chi connectivity index (χ0) is 37.1. The number of ether oxygens (including phenoxy) is 2. The molecule has 0 fully saturated rings. The lowest BCUT2D eigenvalue weighted by Crippen LogP contribution is -2.29. The number of phosphoric ester groups is 1. The highest BCUT2D eigenvalue weighted by atomic mass is 31.2. The van der Waals surface area contributed by atoms with Gasteiger partial charge in [0.1, 0.15) is 6.61 Å². The first kappa shape index (κ1) is 48.0. The largest absolute Gasteiger partial charge is 0.469 e. The van der Waals surface area contributed by atoms with E-state index in [9.17, 15) is 19.3 Å². The van der Waals surface area contributed by atoms with Gasteiger partial charge >= 0.3 is 19.8 Å². The van der Waals surface area contributed by atoms with Crippen LogP contribution in [0.5, 0.6) is 0 Å².